The zero-order chi connectivity index (χ0) is 23.8. The molecule has 3 aromatic rings. The zero-order valence-corrected chi connectivity index (χ0v) is 18.8. The van der Waals surface area contributed by atoms with Gasteiger partial charge in [0.2, 0.25) is 0 Å². The van der Waals surface area contributed by atoms with Crippen LogP contribution in [0.1, 0.15) is 56.9 Å². The van der Waals surface area contributed by atoms with Gasteiger partial charge in [0.15, 0.2) is 0 Å². The highest BCUT2D eigenvalue weighted by Crippen LogP contribution is 2.15. The molecular formula is C26H27N3O4. The Bertz CT molecular complexity index is 1130. The molecule has 0 aromatic heterocycles. The van der Waals surface area contributed by atoms with Crippen LogP contribution in [0.15, 0.2) is 72.8 Å². The maximum absolute atomic E-state index is 12.4. The third-order valence-electron chi connectivity index (χ3n) is 5.11. The second kappa shape index (κ2) is 10.9. The monoisotopic (exact) mass is 445 g/mol. The Hall–Kier alpha value is -4.13. The highest BCUT2D eigenvalue weighted by atomic mass is 16.5. The fourth-order valence-electron chi connectivity index (χ4n) is 2.99. The van der Waals surface area contributed by atoms with Crippen molar-refractivity contribution in [2.75, 3.05) is 5.32 Å². The summed E-state index contributed by atoms with van der Waals surface area (Å²) in [4.78, 5) is 37.1. The molecule has 3 rings (SSSR count). The molecule has 7 heteroatoms. The normalized spacial score (nSPS) is 11.2. The van der Waals surface area contributed by atoms with Crippen molar-refractivity contribution in [3.8, 4) is 5.75 Å². The van der Waals surface area contributed by atoms with Crippen LogP contribution < -0.4 is 20.9 Å². The first kappa shape index (κ1) is 23.5. The first-order chi connectivity index (χ1) is 15.9. The molecule has 33 heavy (non-hydrogen) atoms. The predicted octanol–water partition coefficient (Wildman–Crippen LogP) is 4.50. The number of hydrogen-bond acceptors (Lipinski definition) is 4. The largest absolute Gasteiger partial charge is 0.491 e. The highest BCUT2D eigenvalue weighted by molar-refractivity contribution is 6.05. The Morgan fingerprint density at radius 2 is 1.33 bits per heavy atom. The van der Waals surface area contributed by atoms with Gasteiger partial charge in [0.25, 0.3) is 17.7 Å². The molecule has 0 aliphatic rings. The van der Waals surface area contributed by atoms with Crippen molar-refractivity contribution in [3.63, 3.8) is 0 Å². The molecule has 0 fully saturated rings. The fraction of sp³-hybridized carbons (Fsp3) is 0.192. The van der Waals surface area contributed by atoms with E-state index in [0.717, 1.165) is 12.0 Å². The lowest BCUT2D eigenvalue weighted by molar-refractivity contribution is 0.0846. The quantitative estimate of drug-likeness (QED) is 0.467. The lowest BCUT2D eigenvalue weighted by Crippen LogP contribution is -2.41. The van der Waals surface area contributed by atoms with Gasteiger partial charge in [0, 0.05) is 22.4 Å². The summed E-state index contributed by atoms with van der Waals surface area (Å²) in [5, 5.41) is 2.81. The standard InChI is InChI=1S/C26H27N3O4/c1-4-18(3)33-22-15-11-20(12-16-22)25(31)29-28-24(30)19-9-13-21(14-10-19)27-26(32)23-8-6-5-7-17(23)2/h5-16,18H,4H2,1-3H3,(H,27,32)(H,28,30)(H,29,31). The number of hydrazine groups is 1. The van der Waals surface area contributed by atoms with Crippen LogP contribution >= 0.6 is 0 Å². The summed E-state index contributed by atoms with van der Waals surface area (Å²) in [5.41, 5.74) is 7.53. The first-order valence-electron chi connectivity index (χ1n) is 10.7. The number of carbonyl (C=O) groups excluding carboxylic acids is 3. The third-order valence-corrected chi connectivity index (χ3v) is 5.11. The van der Waals surface area contributed by atoms with Crippen molar-refractivity contribution in [1.29, 1.82) is 0 Å². The maximum Gasteiger partial charge on any atom is 0.269 e. The van der Waals surface area contributed by atoms with E-state index in [4.69, 9.17) is 4.74 Å². The SMILES string of the molecule is CCC(C)Oc1ccc(C(=O)NNC(=O)c2ccc(NC(=O)c3ccccc3C)cc2)cc1. The zero-order valence-electron chi connectivity index (χ0n) is 18.8. The molecule has 0 bridgehead atoms. The second-order valence-corrected chi connectivity index (χ2v) is 7.62. The summed E-state index contributed by atoms with van der Waals surface area (Å²) in [7, 11) is 0. The van der Waals surface area contributed by atoms with E-state index in [9.17, 15) is 14.4 Å². The summed E-state index contributed by atoms with van der Waals surface area (Å²) in [6, 6.07) is 20.4. The molecule has 0 spiro atoms. The topological polar surface area (TPSA) is 96.5 Å². The van der Waals surface area contributed by atoms with E-state index < -0.39 is 11.8 Å². The second-order valence-electron chi connectivity index (χ2n) is 7.62. The minimum atomic E-state index is -0.475. The van der Waals surface area contributed by atoms with Crippen molar-refractivity contribution >= 4 is 23.4 Å². The minimum Gasteiger partial charge on any atom is -0.491 e. The molecule has 0 radical (unpaired) electrons. The number of anilines is 1. The van der Waals surface area contributed by atoms with E-state index in [1.54, 1.807) is 60.7 Å². The van der Waals surface area contributed by atoms with Crippen molar-refractivity contribution in [1.82, 2.24) is 10.9 Å². The lowest BCUT2D eigenvalue weighted by Gasteiger charge is -2.13. The average Bonchev–Trinajstić information content (AvgIpc) is 2.83. The van der Waals surface area contributed by atoms with Gasteiger partial charge in [-0.1, -0.05) is 25.1 Å². The van der Waals surface area contributed by atoms with Gasteiger partial charge in [0.05, 0.1) is 6.10 Å². The number of ether oxygens (including phenoxy) is 1. The molecule has 3 N–H and O–H groups in total. The van der Waals surface area contributed by atoms with Gasteiger partial charge in [-0.3, -0.25) is 25.2 Å². The van der Waals surface area contributed by atoms with Gasteiger partial charge >= 0.3 is 0 Å². The van der Waals surface area contributed by atoms with Crippen LogP contribution in [0.5, 0.6) is 5.75 Å². The molecule has 0 saturated heterocycles. The van der Waals surface area contributed by atoms with Crippen LogP contribution in [0.4, 0.5) is 5.69 Å². The Kier molecular flexibility index (Phi) is 7.81. The summed E-state index contributed by atoms with van der Waals surface area (Å²) < 4.78 is 5.69. The average molecular weight is 446 g/mol. The molecule has 0 saturated carbocycles. The van der Waals surface area contributed by atoms with E-state index in [-0.39, 0.29) is 12.0 Å². The van der Waals surface area contributed by atoms with Crippen molar-refractivity contribution in [2.24, 2.45) is 0 Å². The molecule has 0 aliphatic heterocycles. The predicted molar refractivity (Wildman–Crippen MR) is 127 cm³/mol. The Balaban J connectivity index is 1.52. The summed E-state index contributed by atoms with van der Waals surface area (Å²) >= 11 is 0. The molecule has 3 amide bonds. The third kappa shape index (κ3) is 6.43. The maximum atomic E-state index is 12.4. The van der Waals surface area contributed by atoms with E-state index >= 15 is 0 Å². The van der Waals surface area contributed by atoms with Gasteiger partial charge in [-0.25, -0.2) is 0 Å². The number of nitrogens with one attached hydrogen (secondary N) is 3. The lowest BCUT2D eigenvalue weighted by atomic mass is 10.1. The fourth-order valence-corrected chi connectivity index (χ4v) is 2.99. The van der Waals surface area contributed by atoms with Gasteiger partial charge in [-0.05, 0) is 80.4 Å². The number of carbonyl (C=O) groups is 3. The van der Waals surface area contributed by atoms with Gasteiger partial charge in [-0.2, -0.15) is 0 Å². The molecule has 3 aromatic carbocycles. The van der Waals surface area contributed by atoms with Crippen LogP contribution in [0.2, 0.25) is 0 Å². The van der Waals surface area contributed by atoms with Crippen LogP contribution in [-0.2, 0) is 0 Å². The Morgan fingerprint density at radius 3 is 1.88 bits per heavy atom. The summed E-state index contributed by atoms with van der Waals surface area (Å²) in [6.07, 6.45) is 0.972. The van der Waals surface area contributed by atoms with Crippen LogP contribution in [0.3, 0.4) is 0 Å². The van der Waals surface area contributed by atoms with Crippen molar-refractivity contribution in [2.45, 2.75) is 33.3 Å². The molecule has 1 atom stereocenters. The van der Waals surface area contributed by atoms with Gasteiger partial charge in [0.1, 0.15) is 5.75 Å². The van der Waals surface area contributed by atoms with E-state index in [2.05, 4.69) is 16.2 Å². The summed E-state index contributed by atoms with van der Waals surface area (Å²) in [6.45, 7) is 5.87. The number of rotatable bonds is 7. The van der Waals surface area contributed by atoms with Crippen molar-refractivity contribution in [3.05, 3.63) is 95.1 Å². The summed E-state index contributed by atoms with van der Waals surface area (Å²) in [5.74, 6) is -0.463. The van der Waals surface area contributed by atoms with E-state index in [1.165, 1.54) is 0 Å². The molecule has 0 aliphatic carbocycles. The smallest absolute Gasteiger partial charge is 0.269 e. The Morgan fingerprint density at radius 1 is 0.788 bits per heavy atom. The minimum absolute atomic E-state index is 0.0890. The molecule has 1 unspecified atom stereocenters. The number of hydrogen-bond donors (Lipinski definition) is 3. The van der Waals surface area contributed by atoms with Crippen LogP contribution in [-0.4, -0.2) is 23.8 Å². The Labute approximate surface area is 193 Å². The van der Waals surface area contributed by atoms with E-state index in [1.807, 2.05) is 32.9 Å². The first-order valence-corrected chi connectivity index (χ1v) is 10.7. The van der Waals surface area contributed by atoms with Gasteiger partial charge in [-0.15, -0.1) is 0 Å². The number of aryl methyl sites for hydroxylation is 1. The van der Waals surface area contributed by atoms with E-state index in [0.29, 0.717) is 28.1 Å². The number of amides is 3. The van der Waals surface area contributed by atoms with Crippen LogP contribution in [0.25, 0.3) is 0 Å². The molecule has 0 heterocycles. The van der Waals surface area contributed by atoms with Crippen molar-refractivity contribution < 1.29 is 19.1 Å². The molecule has 170 valence electrons. The van der Waals surface area contributed by atoms with Crippen LogP contribution in [0, 0.1) is 6.92 Å². The molecular weight excluding hydrogens is 418 g/mol. The van der Waals surface area contributed by atoms with Gasteiger partial charge < -0.3 is 10.1 Å². The molecule has 7 nitrogen and oxygen atoms in total. The highest BCUT2D eigenvalue weighted by Gasteiger charge is 2.12. The number of benzene rings is 3.